The molecule has 2 rings (SSSR count). The molecule has 2 amide bonds. The van der Waals surface area contributed by atoms with Crippen molar-refractivity contribution in [3.05, 3.63) is 23.9 Å². The predicted octanol–water partition coefficient (Wildman–Crippen LogP) is 2.35. The van der Waals surface area contributed by atoms with Gasteiger partial charge in [0, 0.05) is 43.9 Å². The summed E-state index contributed by atoms with van der Waals surface area (Å²) in [5.74, 6) is -0.431. The number of aromatic nitrogens is 1. The Balaban J connectivity index is 1.91. The van der Waals surface area contributed by atoms with Gasteiger partial charge in [-0.05, 0) is 6.07 Å². The Morgan fingerprint density at radius 1 is 1.08 bits per heavy atom. The number of pyridine rings is 1. The smallest absolute Gasteiger partial charge is 0.422 e. The summed E-state index contributed by atoms with van der Waals surface area (Å²) in [5.41, 5.74) is -0.206. The summed E-state index contributed by atoms with van der Waals surface area (Å²) in [6, 6.07) is 2.62. The van der Waals surface area contributed by atoms with E-state index in [2.05, 4.69) is 9.72 Å². The van der Waals surface area contributed by atoms with Crippen LogP contribution in [0.25, 0.3) is 0 Å². The quantitative estimate of drug-likeness (QED) is 0.816. The van der Waals surface area contributed by atoms with Crippen molar-refractivity contribution in [3.8, 4) is 5.88 Å². The Hall–Kier alpha value is -2.32. The third-order valence-electron chi connectivity index (χ3n) is 3.86. The molecule has 6 nitrogen and oxygen atoms in total. The fourth-order valence-corrected chi connectivity index (χ4v) is 2.52. The highest BCUT2D eigenvalue weighted by Crippen LogP contribution is 2.20. The molecule has 1 saturated heterocycles. The molecule has 9 heteroatoms. The number of alkyl halides is 3. The maximum Gasteiger partial charge on any atom is 0.422 e. The van der Waals surface area contributed by atoms with Crippen molar-refractivity contribution in [2.24, 2.45) is 5.41 Å². The molecule has 0 bridgehead atoms. The predicted molar refractivity (Wildman–Crippen MR) is 87.7 cm³/mol. The van der Waals surface area contributed by atoms with E-state index < -0.39 is 18.2 Å². The largest absolute Gasteiger partial charge is 0.468 e. The molecule has 1 aromatic heterocycles. The van der Waals surface area contributed by atoms with Crippen LogP contribution in [0.4, 0.5) is 13.2 Å². The Labute approximate surface area is 149 Å². The van der Waals surface area contributed by atoms with Crippen molar-refractivity contribution < 1.29 is 27.5 Å². The normalized spacial score (nSPS) is 15.8. The van der Waals surface area contributed by atoms with E-state index in [1.54, 1.807) is 9.80 Å². The van der Waals surface area contributed by atoms with Gasteiger partial charge in [0.25, 0.3) is 5.91 Å². The van der Waals surface area contributed by atoms with Gasteiger partial charge in [0.05, 0.1) is 5.56 Å². The summed E-state index contributed by atoms with van der Waals surface area (Å²) in [4.78, 5) is 31.8. The van der Waals surface area contributed by atoms with Crippen LogP contribution in [0.2, 0.25) is 0 Å². The molecule has 1 aliphatic rings. The second-order valence-electron chi connectivity index (χ2n) is 7.12. The first-order chi connectivity index (χ1) is 12.0. The van der Waals surface area contributed by atoms with Gasteiger partial charge in [0.1, 0.15) is 0 Å². The zero-order valence-electron chi connectivity index (χ0n) is 15.0. The molecular formula is C17H22F3N3O3. The van der Waals surface area contributed by atoms with Gasteiger partial charge in [-0.15, -0.1) is 0 Å². The fraction of sp³-hybridized carbons (Fsp3) is 0.588. The Morgan fingerprint density at radius 2 is 1.65 bits per heavy atom. The van der Waals surface area contributed by atoms with E-state index in [0.717, 1.165) is 0 Å². The molecule has 2 heterocycles. The Morgan fingerprint density at radius 3 is 2.12 bits per heavy atom. The summed E-state index contributed by atoms with van der Waals surface area (Å²) >= 11 is 0. The zero-order valence-corrected chi connectivity index (χ0v) is 15.0. The van der Waals surface area contributed by atoms with Crippen LogP contribution in [0.1, 0.15) is 31.1 Å². The van der Waals surface area contributed by atoms with E-state index in [4.69, 9.17) is 0 Å². The van der Waals surface area contributed by atoms with Crippen LogP contribution in [-0.2, 0) is 4.79 Å². The lowest BCUT2D eigenvalue weighted by atomic mass is 9.94. The first-order valence-electron chi connectivity index (χ1n) is 8.21. The first kappa shape index (κ1) is 20.0. The minimum atomic E-state index is -4.44. The fourth-order valence-electron chi connectivity index (χ4n) is 2.52. The highest BCUT2D eigenvalue weighted by Gasteiger charge is 2.31. The summed E-state index contributed by atoms with van der Waals surface area (Å²) in [5, 5.41) is 0. The number of nitrogens with zero attached hydrogens (tertiary/aromatic N) is 3. The van der Waals surface area contributed by atoms with Gasteiger partial charge in [0.15, 0.2) is 6.61 Å². The lowest BCUT2D eigenvalue weighted by molar-refractivity contribution is -0.154. The van der Waals surface area contributed by atoms with Crippen LogP contribution in [0.15, 0.2) is 18.3 Å². The van der Waals surface area contributed by atoms with Crippen LogP contribution >= 0.6 is 0 Å². The Kier molecular flexibility index (Phi) is 5.77. The molecule has 0 aromatic carbocycles. The molecule has 0 aliphatic carbocycles. The maximum absolute atomic E-state index is 12.5. The number of carbonyl (C=O) groups excluding carboxylic acids is 2. The van der Waals surface area contributed by atoms with Gasteiger partial charge in [-0.3, -0.25) is 9.59 Å². The third kappa shape index (κ3) is 5.34. The molecule has 0 radical (unpaired) electrons. The van der Waals surface area contributed by atoms with Crippen LogP contribution in [0.5, 0.6) is 5.88 Å². The molecule has 26 heavy (non-hydrogen) atoms. The second-order valence-corrected chi connectivity index (χ2v) is 7.12. The van der Waals surface area contributed by atoms with Crippen molar-refractivity contribution in [1.82, 2.24) is 14.8 Å². The number of carbonyl (C=O) groups is 2. The Bertz CT molecular complexity index is 646. The third-order valence-corrected chi connectivity index (χ3v) is 3.86. The number of halogens is 3. The maximum atomic E-state index is 12.5. The lowest BCUT2D eigenvalue weighted by Crippen LogP contribution is -2.53. The number of piperazine rings is 1. The van der Waals surface area contributed by atoms with Crippen LogP contribution in [-0.4, -0.2) is 65.6 Å². The molecule has 0 saturated carbocycles. The van der Waals surface area contributed by atoms with E-state index in [1.165, 1.54) is 18.3 Å². The minimum absolute atomic E-state index is 0.0393. The number of hydrogen-bond donors (Lipinski definition) is 0. The number of ether oxygens (including phenoxy) is 1. The molecule has 1 fully saturated rings. The van der Waals surface area contributed by atoms with Crippen molar-refractivity contribution in [2.75, 3.05) is 32.8 Å². The molecule has 0 spiro atoms. The van der Waals surface area contributed by atoms with Gasteiger partial charge >= 0.3 is 6.18 Å². The topological polar surface area (TPSA) is 62.7 Å². The summed E-state index contributed by atoms with van der Waals surface area (Å²) in [7, 11) is 0. The van der Waals surface area contributed by atoms with Crippen molar-refractivity contribution >= 4 is 11.8 Å². The standard InChI is InChI=1S/C17H22F3N3O3/c1-16(2,3)15(25)23-8-6-22(7-9-23)14(24)12-4-5-13(21-10-12)26-11-17(18,19)20/h4-5,10H,6-9,11H2,1-3H3. The molecular weight excluding hydrogens is 351 g/mol. The molecule has 0 N–H and O–H groups in total. The molecule has 1 aromatic rings. The van der Waals surface area contributed by atoms with Gasteiger partial charge in [-0.1, -0.05) is 20.8 Å². The molecule has 0 unspecified atom stereocenters. The van der Waals surface area contributed by atoms with E-state index in [-0.39, 0.29) is 23.3 Å². The number of amides is 2. The van der Waals surface area contributed by atoms with E-state index in [9.17, 15) is 22.8 Å². The van der Waals surface area contributed by atoms with Gasteiger partial charge in [0.2, 0.25) is 11.8 Å². The first-order valence-corrected chi connectivity index (χ1v) is 8.21. The molecule has 1 aliphatic heterocycles. The monoisotopic (exact) mass is 373 g/mol. The molecule has 144 valence electrons. The highest BCUT2D eigenvalue weighted by molar-refractivity contribution is 5.94. The van der Waals surface area contributed by atoms with Crippen LogP contribution in [0, 0.1) is 5.41 Å². The zero-order chi connectivity index (χ0) is 19.5. The van der Waals surface area contributed by atoms with Crippen LogP contribution in [0.3, 0.4) is 0 Å². The lowest BCUT2D eigenvalue weighted by Gasteiger charge is -2.37. The SMILES string of the molecule is CC(C)(C)C(=O)N1CCN(C(=O)c2ccc(OCC(F)(F)F)nc2)CC1. The number of rotatable bonds is 3. The second kappa shape index (κ2) is 7.51. The minimum Gasteiger partial charge on any atom is -0.468 e. The average Bonchev–Trinajstić information content (AvgIpc) is 2.58. The van der Waals surface area contributed by atoms with E-state index in [0.29, 0.717) is 26.2 Å². The average molecular weight is 373 g/mol. The van der Waals surface area contributed by atoms with Crippen molar-refractivity contribution in [3.63, 3.8) is 0 Å². The van der Waals surface area contributed by atoms with Crippen molar-refractivity contribution in [2.45, 2.75) is 26.9 Å². The number of hydrogen-bond acceptors (Lipinski definition) is 4. The van der Waals surface area contributed by atoms with Gasteiger partial charge in [-0.25, -0.2) is 4.98 Å². The molecule has 0 atom stereocenters. The van der Waals surface area contributed by atoms with E-state index >= 15 is 0 Å². The highest BCUT2D eigenvalue weighted by atomic mass is 19.4. The van der Waals surface area contributed by atoms with Gasteiger partial charge in [-0.2, -0.15) is 13.2 Å². The van der Waals surface area contributed by atoms with E-state index in [1.807, 2.05) is 20.8 Å². The summed E-state index contributed by atoms with van der Waals surface area (Å²) < 4.78 is 40.9. The van der Waals surface area contributed by atoms with Gasteiger partial charge < -0.3 is 14.5 Å². The van der Waals surface area contributed by atoms with Crippen LogP contribution < -0.4 is 4.74 Å². The van der Waals surface area contributed by atoms with Crippen molar-refractivity contribution in [1.29, 1.82) is 0 Å². The summed E-state index contributed by atoms with van der Waals surface area (Å²) in [6.07, 6.45) is -3.25. The summed E-state index contributed by atoms with van der Waals surface area (Å²) in [6.45, 7) is 5.80.